The van der Waals surface area contributed by atoms with Crippen LogP contribution in [0.1, 0.15) is 35.7 Å². The van der Waals surface area contributed by atoms with Crippen molar-refractivity contribution >= 4 is 0 Å². The van der Waals surface area contributed by atoms with Crippen LogP contribution in [0.3, 0.4) is 0 Å². The molecular formula is C20H25F3N2O6. The number of ether oxygens (including phenoxy) is 2. The van der Waals surface area contributed by atoms with Crippen LogP contribution < -0.4 is 4.74 Å². The smallest absolute Gasteiger partial charge is 0.433 e. The summed E-state index contributed by atoms with van der Waals surface area (Å²) in [5.74, 6) is -0.464. The Bertz CT molecular complexity index is 856. The number of benzene rings is 1. The summed E-state index contributed by atoms with van der Waals surface area (Å²) in [5.41, 5.74) is 0.245. The fraction of sp³-hybridized carbons (Fsp3) is 0.550. The zero-order valence-electron chi connectivity index (χ0n) is 16.7. The lowest BCUT2D eigenvalue weighted by Crippen LogP contribution is -2.60. The van der Waals surface area contributed by atoms with Crippen molar-refractivity contribution in [1.29, 1.82) is 0 Å². The third kappa shape index (κ3) is 5.18. The lowest BCUT2D eigenvalue weighted by Gasteiger charge is -2.39. The second kappa shape index (κ2) is 9.53. The van der Waals surface area contributed by atoms with E-state index in [1.807, 2.05) is 24.2 Å². The summed E-state index contributed by atoms with van der Waals surface area (Å²) in [4.78, 5) is 0. The molecule has 172 valence electrons. The quantitative estimate of drug-likeness (QED) is 0.432. The zero-order valence-corrected chi connectivity index (χ0v) is 16.7. The molecule has 0 aliphatic carbocycles. The first-order chi connectivity index (χ1) is 14.7. The van der Waals surface area contributed by atoms with Crippen molar-refractivity contribution in [2.24, 2.45) is 0 Å². The summed E-state index contributed by atoms with van der Waals surface area (Å²) in [6.45, 7) is 1.33. The minimum Gasteiger partial charge on any atom is -0.443 e. The molecular weight excluding hydrogens is 421 g/mol. The number of nitrogens with zero attached hydrogens (tertiary/aromatic N) is 1. The van der Waals surface area contributed by atoms with Crippen molar-refractivity contribution in [3.05, 3.63) is 46.6 Å². The van der Waals surface area contributed by atoms with E-state index in [-0.39, 0.29) is 12.0 Å². The van der Waals surface area contributed by atoms with Crippen molar-refractivity contribution in [3.63, 3.8) is 0 Å². The third-order valence-corrected chi connectivity index (χ3v) is 5.13. The van der Waals surface area contributed by atoms with Gasteiger partial charge in [0.2, 0.25) is 12.2 Å². The van der Waals surface area contributed by atoms with E-state index in [4.69, 9.17) is 9.47 Å². The van der Waals surface area contributed by atoms with Gasteiger partial charge in [-0.25, -0.2) is 0 Å². The van der Waals surface area contributed by atoms with Crippen LogP contribution in [0.5, 0.6) is 5.88 Å². The van der Waals surface area contributed by atoms with E-state index in [0.717, 1.165) is 18.4 Å². The lowest BCUT2D eigenvalue weighted by atomic mass is 9.99. The average molecular weight is 446 g/mol. The Hall–Kier alpha value is -2.18. The van der Waals surface area contributed by atoms with Crippen LogP contribution in [0.15, 0.2) is 24.3 Å². The van der Waals surface area contributed by atoms with E-state index < -0.39 is 55.1 Å². The Morgan fingerprint density at radius 1 is 1.06 bits per heavy atom. The van der Waals surface area contributed by atoms with Crippen LogP contribution in [0.4, 0.5) is 13.2 Å². The predicted octanol–water partition coefficient (Wildman–Crippen LogP) is 1.15. The molecule has 0 saturated carbocycles. The maximum Gasteiger partial charge on any atom is 0.433 e. The molecule has 1 aromatic heterocycles. The summed E-state index contributed by atoms with van der Waals surface area (Å²) in [7, 11) is 0. The van der Waals surface area contributed by atoms with Gasteiger partial charge in [0.1, 0.15) is 30.1 Å². The third-order valence-electron chi connectivity index (χ3n) is 5.13. The molecule has 1 aromatic carbocycles. The van der Waals surface area contributed by atoms with E-state index in [2.05, 4.69) is 5.10 Å². The predicted molar refractivity (Wildman–Crippen MR) is 101 cm³/mol. The Balaban J connectivity index is 1.88. The van der Waals surface area contributed by atoms with E-state index in [0.29, 0.717) is 5.56 Å². The van der Waals surface area contributed by atoms with Gasteiger partial charge in [0.05, 0.1) is 12.2 Å². The number of halogens is 3. The van der Waals surface area contributed by atoms with Gasteiger partial charge in [0.25, 0.3) is 0 Å². The second-order valence-electron chi connectivity index (χ2n) is 7.44. The van der Waals surface area contributed by atoms with Gasteiger partial charge in [-0.1, -0.05) is 37.6 Å². The molecule has 11 heteroatoms. The maximum atomic E-state index is 13.5. The van der Waals surface area contributed by atoms with E-state index in [1.165, 1.54) is 0 Å². The van der Waals surface area contributed by atoms with Crippen LogP contribution in [0, 0.1) is 0 Å². The first-order valence-corrected chi connectivity index (χ1v) is 9.85. The topological polar surface area (TPSA) is 128 Å². The molecule has 0 spiro atoms. The highest BCUT2D eigenvalue weighted by atomic mass is 19.4. The number of alkyl halides is 3. The van der Waals surface area contributed by atoms with Crippen LogP contribution in [0.2, 0.25) is 0 Å². The fourth-order valence-corrected chi connectivity index (χ4v) is 3.44. The van der Waals surface area contributed by atoms with Crippen molar-refractivity contribution in [1.82, 2.24) is 10.2 Å². The number of aliphatic hydroxyl groups excluding tert-OH is 4. The monoisotopic (exact) mass is 446 g/mol. The minimum atomic E-state index is -4.73. The minimum absolute atomic E-state index is 0.162. The molecule has 31 heavy (non-hydrogen) atoms. The largest absolute Gasteiger partial charge is 0.443 e. The van der Waals surface area contributed by atoms with Gasteiger partial charge in [-0.2, -0.15) is 13.2 Å². The first kappa shape index (κ1) is 23.5. The SMILES string of the molecule is CCCc1ccc(Cc2c(O[C@@H]3O[C@H](CO)[C@@H](O)[C@H](O)[C@H]3O)n[nH]c2C(F)(F)F)cc1. The van der Waals surface area contributed by atoms with Gasteiger partial charge < -0.3 is 29.9 Å². The highest BCUT2D eigenvalue weighted by Gasteiger charge is 2.46. The molecule has 0 unspecified atom stereocenters. The van der Waals surface area contributed by atoms with Gasteiger partial charge in [-0.15, -0.1) is 5.10 Å². The lowest BCUT2D eigenvalue weighted by molar-refractivity contribution is -0.278. The summed E-state index contributed by atoms with van der Waals surface area (Å²) in [5, 5.41) is 44.6. The maximum absolute atomic E-state index is 13.5. The number of aromatic nitrogens is 2. The summed E-state index contributed by atoms with van der Waals surface area (Å²) in [6, 6.07) is 7.11. The van der Waals surface area contributed by atoms with E-state index >= 15 is 0 Å². The van der Waals surface area contributed by atoms with Crippen LogP contribution >= 0.6 is 0 Å². The van der Waals surface area contributed by atoms with Gasteiger partial charge in [0.15, 0.2) is 0 Å². The van der Waals surface area contributed by atoms with Crippen LogP contribution in [0.25, 0.3) is 0 Å². The fourth-order valence-electron chi connectivity index (χ4n) is 3.44. The number of H-pyrrole nitrogens is 1. The highest BCUT2D eigenvalue weighted by Crippen LogP contribution is 2.36. The van der Waals surface area contributed by atoms with Gasteiger partial charge in [-0.05, 0) is 17.5 Å². The molecule has 1 saturated heterocycles. The van der Waals surface area contributed by atoms with Crippen molar-refractivity contribution < 1.29 is 43.1 Å². The molecule has 8 nitrogen and oxygen atoms in total. The number of aliphatic hydroxyl groups is 4. The number of aryl methyl sites for hydroxylation is 1. The zero-order chi connectivity index (χ0) is 22.8. The van der Waals surface area contributed by atoms with Gasteiger partial charge >= 0.3 is 6.18 Å². The second-order valence-corrected chi connectivity index (χ2v) is 7.44. The number of hydrogen-bond acceptors (Lipinski definition) is 7. The number of rotatable bonds is 7. The first-order valence-electron chi connectivity index (χ1n) is 9.85. The number of aromatic amines is 1. The molecule has 1 aliphatic rings. The van der Waals surface area contributed by atoms with Gasteiger partial charge in [0, 0.05) is 6.42 Å². The van der Waals surface area contributed by atoms with Crippen molar-refractivity contribution in [3.8, 4) is 5.88 Å². The Kier molecular flexibility index (Phi) is 7.22. The summed E-state index contributed by atoms with van der Waals surface area (Å²) >= 11 is 0. The number of hydrogen-bond donors (Lipinski definition) is 5. The Morgan fingerprint density at radius 3 is 2.29 bits per heavy atom. The average Bonchev–Trinajstić information content (AvgIpc) is 3.12. The Labute approximate surface area is 176 Å². The molecule has 5 atom stereocenters. The molecule has 2 aromatic rings. The van der Waals surface area contributed by atoms with E-state index in [1.54, 1.807) is 12.1 Å². The number of nitrogens with one attached hydrogen (secondary N) is 1. The summed E-state index contributed by atoms with van der Waals surface area (Å²) in [6.07, 6.45) is -11.1. The van der Waals surface area contributed by atoms with Crippen molar-refractivity contribution in [2.75, 3.05) is 6.61 Å². The molecule has 0 bridgehead atoms. The van der Waals surface area contributed by atoms with E-state index in [9.17, 15) is 33.6 Å². The molecule has 1 fully saturated rings. The molecule has 0 amide bonds. The van der Waals surface area contributed by atoms with Gasteiger partial charge in [-0.3, -0.25) is 5.10 Å². The highest BCUT2D eigenvalue weighted by molar-refractivity contribution is 5.38. The molecule has 0 radical (unpaired) electrons. The summed E-state index contributed by atoms with van der Waals surface area (Å²) < 4.78 is 51.1. The van der Waals surface area contributed by atoms with Crippen LogP contribution in [-0.2, 0) is 23.8 Å². The molecule has 3 rings (SSSR count). The van der Waals surface area contributed by atoms with Crippen LogP contribution in [-0.4, -0.2) is 67.9 Å². The normalized spacial score (nSPS) is 26.8. The Morgan fingerprint density at radius 2 is 1.71 bits per heavy atom. The molecule has 1 aliphatic heterocycles. The standard InChI is InChI=1S/C20H25F3N2O6/c1-2-3-10-4-6-11(7-5-10)8-12-17(20(21,22)23)24-25-18(12)31-19-16(29)15(28)14(27)13(9-26)30-19/h4-7,13-16,19,26-29H,2-3,8-9H2,1H3,(H,24,25)/t13-,14-,15+,16-,19+/m1/s1. The molecule has 2 heterocycles. The van der Waals surface area contributed by atoms with Crippen molar-refractivity contribution in [2.45, 2.75) is 63.1 Å². The molecule has 5 N–H and O–H groups in total.